The highest BCUT2D eigenvalue weighted by Gasteiger charge is 2.03. The Kier molecular flexibility index (Phi) is 3.53. The number of hydrogen-bond acceptors (Lipinski definition) is 3. The Balaban J connectivity index is 2.36. The van der Waals surface area contributed by atoms with Crippen LogP contribution in [0, 0.1) is 12.7 Å². The monoisotopic (exact) mass is 247 g/mol. The lowest BCUT2D eigenvalue weighted by molar-refractivity contribution is 0.619. The van der Waals surface area contributed by atoms with Gasteiger partial charge in [-0.2, -0.15) is 0 Å². The third kappa shape index (κ3) is 2.81. The van der Waals surface area contributed by atoms with E-state index >= 15 is 0 Å². The van der Waals surface area contributed by atoms with Crippen LogP contribution in [0.4, 0.5) is 4.39 Å². The summed E-state index contributed by atoms with van der Waals surface area (Å²) in [5.74, 6) is -0.346. The van der Waals surface area contributed by atoms with Crippen LogP contribution in [-0.2, 0) is 13.1 Å². The molecular formula is C13H14FN3O. The summed E-state index contributed by atoms with van der Waals surface area (Å²) in [5.41, 5.74) is 7.43. The van der Waals surface area contributed by atoms with Gasteiger partial charge < -0.3 is 5.73 Å². The Bertz CT molecular complexity index is 622. The molecule has 0 unspecified atom stereocenters. The summed E-state index contributed by atoms with van der Waals surface area (Å²) in [6.07, 6.45) is 3.21. The zero-order valence-electron chi connectivity index (χ0n) is 10.1. The molecule has 0 saturated carbocycles. The summed E-state index contributed by atoms with van der Waals surface area (Å²) >= 11 is 0. The average molecular weight is 247 g/mol. The fourth-order valence-electron chi connectivity index (χ4n) is 1.80. The number of hydrogen-bond donors (Lipinski definition) is 1. The van der Waals surface area contributed by atoms with Crippen LogP contribution in [0.2, 0.25) is 0 Å². The van der Waals surface area contributed by atoms with Crippen LogP contribution in [-0.4, -0.2) is 9.55 Å². The van der Waals surface area contributed by atoms with Crippen LogP contribution < -0.4 is 11.4 Å². The van der Waals surface area contributed by atoms with Gasteiger partial charge in [0.25, 0.3) is 0 Å². The van der Waals surface area contributed by atoms with E-state index in [4.69, 9.17) is 5.73 Å². The summed E-state index contributed by atoms with van der Waals surface area (Å²) in [4.78, 5) is 15.3. The first-order valence-electron chi connectivity index (χ1n) is 5.60. The molecule has 94 valence electrons. The molecule has 1 aromatic carbocycles. The lowest BCUT2D eigenvalue weighted by atomic mass is 10.1. The minimum absolute atomic E-state index is 0.270. The summed E-state index contributed by atoms with van der Waals surface area (Å²) < 4.78 is 14.8. The SMILES string of the molecule is Cc1cnc(=O)n(Cc2cc(F)cc(CN)c2)c1. The standard InChI is InChI=1S/C13H14FN3O/c1-9-6-16-13(18)17(7-9)8-11-2-10(5-15)3-12(14)4-11/h2-4,6-7H,5,8,15H2,1H3. The van der Waals surface area contributed by atoms with Gasteiger partial charge >= 0.3 is 5.69 Å². The topological polar surface area (TPSA) is 60.9 Å². The van der Waals surface area contributed by atoms with Crippen LogP contribution in [0.1, 0.15) is 16.7 Å². The van der Waals surface area contributed by atoms with Gasteiger partial charge in [-0.25, -0.2) is 14.2 Å². The van der Waals surface area contributed by atoms with Crippen molar-refractivity contribution in [1.29, 1.82) is 0 Å². The van der Waals surface area contributed by atoms with Crippen molar-refractivity contribution in [3.05, 3.63) is 63.6 Å². The Labute approximate surface area is 104 Å². The molecule has 0 atom stereocenters. The van der Waals surface area contributed by atoms with E-state index in [0.717, 1.165) is 5.56 Å². The molecule has 2 aromatic rings. The molecule has 5 heteroatoms. The molecule has 0 amide bonds. The fraction of sp³-hybridized carbons (Fsp3) is 0.231. The first kappa shape index (κ1) is 12.4. The summed E-state index contributed by atoms with van der Waals surface area (Å²) in [6, 6.07) is 4.58. The van der Waals surface area contributed by atoms with Crippen molar-refractivity contribution < 1.29 is 4.39 Å². The van der Waals surface area contributed by atoms with Crippen molar-refractivity contribution in [2.75, 3.05) is 0 Å². The summed E-state index contributed by atoms with van der Waals surface area (Å²) in [6.45, 7) is 2.41. The number of aromatic nitrogens is 2. The third-order valence-electron chi connectivity index (χ3n) is 2.59. The molecule has 0 saturated heterocycles. The van der Waals surface area contributed by atoms with Gasteiger partial charge in [0.1, 0.15) is 5.82 Å². The lowest BCUT2D eigenvalue weighted by Gasteiger charge is -2.07. The average Bonchev–Trinajstić information content (AvgIpc) is 2.33. The number of nitrogens with two attached hydrogens (primary N) is 1. The highest BCUT2D eigenvalue weighted by molar-refractivity contribution is 5.25. The quantitative estimate of drug-likeness (QED) is 0.886. The van der Waals surface area contributed by atoms with Gasteiger partial charge in [-0.1, -0.05) is 6.07 Å². The van der Waals surface area contributed by atoms with E-state index in [2.05, 4.69) is 4.98 Å². The summed E-state index contributed by atoms with van der Waals surface area (Å²) in [5, 5.41) is 0. The maximum Gasteiger partial charge on any atom is 0.347 e. The van der Waals surface area contributed by atoms with Crippen molar-refractivity contribution in [1.82, 2.24) is 9.55 Å². The minimum Gasteiger partial charge on any atom is -0.326 e. The van der Waals surface area contributed by atoms with Crippen LogP contribution in [0.15, 0.2) is 35.4 Å². The van der Waals surface area contributed by atoms with Crippen LogP contribution in [0.5, 0.6) is 0 Å². The second-order valence-corrected chi connectivity index (χ2v) is 4.21. The first-order chi connectivity index (χ1) is 8.58. The van der Waals surface area contributed by atoms with Gasteiger partial charge in [0.05, 0.1) is 6.54 Å². The van der Waals surface area contributed by atoms with E-state index < -0.39 is 0 Å². The van der Waals surface area contributed by atoms with Crippen molar-refractivity contribution in [2.45, 2.75) is 20.0 Å². The van der Waals surface area contributed by atoms with Gasteiger partial charge in [-0.3, -0.25) is 4.57 Å². The number of nitrogens with zero attached hydrogens (tertiary/aromatic N) is 2. The Hall–Kier alpha value is -2.01. The summed E-state index contributed by atoms with van der Waals surface area (Å²) in [7, 11) is 0. The van der Waals surface area contributed by atoms with Crippen molar-refractivity contribution in [3.63, 3.8) is 0 Å². The predicted octanol–water partition coefficient (Wildman–Crippen LogP) is 1.20. The molecule has 1 aromatic heterocycles. The van der Waals surface area contributed by atoms with E-state index in [-0.39, 0.29) is 24.6 Å². The van der Waals surface area contributed by atoms with Crippen LogP contribution in [0.3, 0.4) is 0 Å². The van der Waals surface area contributed by atoms with Gasteiger partial charge in [-0.05, 0) is 35.7 Å². The second-order valence-electron chi connectivity index (χ2n) is 4.21. The Morgan fingerprint density at radius 3 is 2.78 bits per heavy atom. The molecular weight excluding hydrogens is 233 g/mol. The van der Waals surface area contributed by atoms with Crippen molar-refractivity contribution >= 4 is 0 Å². The number of aryl methyl sites for hydroxylation is 1. The smallest absolute Gasteiger partial charge is 0.326 e. The van der Waals surface area contributed by atoms with E-state index in [0.29, 0.717) is 11.1 Å². The highest BCUT2D eigenvalue weighted by atomic mass is 19.1. The number of benzene rings is 1. The Morgan fingerprint density at radius 1 is 1.33 bits per heavy atom. The number of rotatable bonds is 3. The normalized spacial score (nSPS) is 10.6. The molecule has 0 fully saturated rings. The van der Waals surface area contributed by atoms with E-state index in [1.807, 2.05) is 6.92 Å². The van der Waals surface area contributed by atoms with Gasteiger partial charge in [-0.15, -0.1) is 0 Å². The van der Waals surface area contributed by atoms with E-state index in [1.54, 1.807) is 12.3 Å². The lowest BCUT2D eigenvalue weighted by Crippen LogP contribution is -2.23. The van der Waals surface area contributed by atoms with E-state index in [9.17, 15) is 9.18 Å². The maximum atomic E-state index is 13.3. The fourth-order valence-corrected chi connectivity index (χ4v) is 1.80. The van der Waals surface area contributed by atoms with Gasteiger partial charge in [0.15, 0.2) is 0 Å². The Morgan fingerprint density at radius 2 is 2.06 bits per heavy atom. The largest absolute Gasteiger partial charge is 0.347 e. The maximum absolute atomic E-state index is 13.3. The van der Waals surface area contributed by atoms with E-state index in [1.165, 1.54) is 22.9 Å². The molecule has 2 N–H and O–H groups in total. The van der Waals surface area contributed by atoms with Crippen molar-refractivity contribution in [3.8, 4) is 0 Å². The van der Waals surface area contributed by atoms with Crippen molar-refractivity contribution in [2.24, 2.45) is 5.73 Å². The molecule has 4 nitrogen and oxygen atoms in total. The van der Waals surface area contributed by atoms with Crippen LogP contribution in [0.25, 0.3) is 0 Å². The molecule has 0 aliphatic heterocycles. The highest BCUT2D eigenvalue weighted by Crippen LogP contribution is 2.10. The molecule has 18 heavy (non-hydrogen) atoms. The first-order valence-corrected chi connectivity index (χ1v) is 5.60. The molecule has 0 radical (unpaired) electrons. The molecule has 0 bridgehead atoms. The predicted molar refractivity (Wildman–Crippen MR) is 66.6 cm³/mol. The minimum atomic E-state index is -0.348. The third-order valence-corrected chi connectivity index (χ3v) is 2.59. The molecule has 0 spiro atoms. The zero-order valence-corrected chi connectivity index (χ0v) is 10.1. The van der Waals surface area contributed by atoms with Gasteiger partial charge in [0, 0.05) is 18.9 Å². The molecule has 1 heterocycles. The molecule has 2 rings (SSSR count). The van der Waals surface area contributed by atoms with Crippen LogP contribution >= 0.6 is 0 Å². The second kappa shape index (κ2) is 5.10. The zero-order chi connectivity index (χ0) is 13.1. The molecule has 0 aliphatic carbocycles. The number of halogens is 1. The molecule has 0 aliphatic rings. The van der Waals surface area contributed by atoms with Gasteiger partial charge in [0.2, 0.25) is 0 Å².